The summed E-state index contributed by atoms with van der Waals surface area (Å²) >= 11 is 3.09. The Hall–Kier alpha value is -1.06. The third kappa shape index (κ3) is 4.22. The first-order valence-corrected chi connectivity index (χ1v) is 7.36. The first-order chi connectivity index (χ1) is 8.62. The van der Waals surface area contributed by atoms with Gasteiger partial charge in [0.15, 0.2) is 0 Å². The summed E-state index contributed by atoms with van der Waals surface area (Å²) < 4.78 is 47.0. The summed E-state index contributed by atoms with van der Waals surface area (Å²) in [6.07, 6.45) is -2.68. The third-order valence-corrected chi connectivity index (χ3v) is 4.14. The number of alkyl halides is 2. The predicted molar refractivity (Wildman–Crippen MR) is 68.6 cm³/mol. The van der Waals surface area contributed by atoms with Gasteiger partial charge in [-0.1, -0.05) is 15.9 Å². The van der Waals surface area contributed by atoms with Crippen molar-refractivity contribution < 1.29 is 22.0 Å². The number of sulfonamides is 1. The molecule has 3 N–H and O–H groups in total. The standard InChI is InChI=1S/C10H11BrF2N2O3S/c1-5-7(11)2-6(3-8(5)19(14,17)18)10(16)15-4-9(12)13/h2-3,9H,4H2,1H3,(H,15,16)(H2,14,17,18). The number of hydrogen-bond acceptors (Lipinski definition) is 3. The van der Waals surface area contributed by atoms with Gasteiger partial charge in [0.25, 0.3) is 12.3 Å². The molecule has 0 atom stereocenters. The second-order valence-electron chi connectivity index (χ2n) is 3.73. The van der Waals surface area contributed by atoms with E-state index in [1.54, 1.807) is 0 Å². The van der Waals surface area contributed by atoms with Crippen molar-refractivity contribution in [1.82, 2.24) is 5.32 Å². The Kier molecular flexibility index (Phi) is 4.99. The number of rotatable bonds is 4. The van der Waals surface area contributed by atoms with Crippen LogP contribution in [0.5, 0.6) is 0 Å². The Morgan fingerprint density at radius 1 is 1.47 bits per heavy atom. The van der Waals surface area contributed by atoms with Crippen LogP contribution in [0.2, 0.25) is 0 Å². The minimum absolute atomic E-state index is 0.0675. The Morgan fingerprint density at radius 3 is 2.53 bits per heavy atom. The van der Waals surface area contributed by atoms with Gasteiger partial charge in [0, 0.05) is 10.0 Å². The fourth-order valence-electron chi connectivity index (χ4n) is 1.35. The molecule has 106 valence electrons. The summed E-state index contributed by atoms with van der Waals surface area (Å²) in [7, 11) is -4.00. The molecule has 0 bridgehead atoms. The van der Waals surface area contributed by atoms with E-state index in [1.165, 1.54) is 13.0 Å². The summed E-state index contributed by atoms with van der Waals surface area (Å²) in [6.45, 7) is 0.694. The van der Waals surface area contributed by atoms with Crippen LogP contribution in [-0.4, -0.2) is 27.3 Å². The monoisotopic (exact) mass is 356 g/mol. The van der Waals surface area contributed by atoms with Crippen molar-refractivity contribution in [3.63, 3.8) is 0 Å². The normalized spacial score (nSPS) is 11.7. The maximum Gasteiger partial charge on any atom is 0.255 e. The van der Waals surface area contributed by atoms with Crippen molar-refractivity contribution in [1.29, 1.82) is 0 Å². The molecular weight excluding hydrogens is 346 g/mol. The lowest BCUT2D eigenvalue weighted by atomic mass is 10.1. The van der Waals surface area contributed by atoms with Crippen LogP contribution < -0.4 is 10.5 Å². The average molecular weight is 357 g/mol. The smallest absolute Gasteiger partial charge is 0.255 e. The Morgan fingerprint density at radius 2 is 2.05 bits per heavy atom. The van der Waals surface area contributed by atoms with Crippen LogP contribution in [0.15, 0.2) is 21.5 Å². The molecule has 1 rings (SSSR count). The van der Waals surface area contributed by atoms with Gasteiger partial charge in [-0.05, 0) is 24.6 Å². The minimum atomic E-state index is -4.00. The molecule has 0 saturated heterocycles. The van der Waals surface area contributed by atoms with Gasteiger partial charge in [0.2, 0.25) is 10.0 Å². The SMILES string of the molecule is Cc1c(Br)cc(C(=O)NCC(F)F)cc1S(N)(=O)=O. The second kappa shape index (κ2) is 5.93. The van der Waals surface area contributed by atoms with E-state index < -0.39 is 28.9 Å². The van der Waals surface area contributed by atoms with Crippen LogP contribution in [0.4, 0.5) is 8.78 Å². The molecule has 9 heteroatoms. The molecule has 19 heavy (non-hydrogen) atoms. The van der Waals surface area contributed by atoms with Gasteiger partial charge >= 0.3 is 0 Å². The lowest BCUT2D eigenvalue weighted by Gasteiger charge is -2.10. The fourth-order valence-corrected chi connectivity index (χ4v) is 2.77. The molecule has 5 nitrogen and oxygen atoms in total. The van der Waals surface area contributed by atoms with Crippen molar-refractivity contribution in [2.75, 3.05) is 6.54 Å². The Bertz CT molecular complexity index is 605. The molecule has 1 aromatic rings. The Labute approximate surface area is 117 Å². The van der Waals surface area contributed by atoms with Crippen LogP contribution in [0, 0.1) is 6.92 Å². The zero-order chi connectivity index (χ0) is 14.8. The molecule has 0 aromatic heterocycles. The molecule has 1 aromatic carbocycles. The summed E-state index contributed by atoms with van der Waals surface area (Å²) in [6, 6.07) is 2.39. The molecule has 0 fully saturated rings. The van der Waals surface area contributed by atoms with Gasteiger partial charge in [0.1, 0.15) is 0 Å². The number of benzene rings is 1. The highest BCUT2D eigenvalue weighted by Gasteiger charge is 2.18. The van der Waals surface area contributed by atoms with Crippen LogP contribution in [-0.2, 0) is 10.0 Å². The van der Waals surface area contributed by atoms with Gasteiger partial charge in [-0.2, -0.15) is 0 Å². The minimum Gasteiger partial charge on any atom is -0.346 e. The van der Waals surface area contributed by atoms with E-state index in [0.717, 1.165) is 6.07 Å². The summed E-state index contributed by atoms with van der Waals surface area (Å²) in [5.74, 6) is -0.800. The summed E-state index contributed by atoms with van der Waals surface area (Å²) in [5.41, 5.74) is 0.273. The highest BCUT2D eigenvalue weighted by molar-refractivity contribution is 9.10. The number of carbonyl (C=O) groups is 1. The molecule has 0 saturated carbocycles. The highest BCUT2D eigenvalue weighted by atomic mass is 79.9. The zero-order valence-electron chi connectivity index (χ0n) is 9.78. The topological polar surface area (TPSA) is 89.3 Å². The van der Waals surface area contributed by atoms with Crippen molar-refractivity contribution in [3.8, 4) is 0 Å². The van der Waals surface area contributed by atoms with E-state index >= 15 is 0 Å². The first kappa shape index (κ1) is 16.0. The van der Waals surface area contributed by atoms with Crippen LogP contribution in [0.1, 0.15) is 15.9 Å². The number of primary sulfonamides is 1. The van der Waals surface area contributed by atoms with E-state index in [0.29, 0.717) is 10.0 Å². The molecule has 0 aliphatic carbocycles. The molecule has 0 radical (unpaired) electrons. The van der Waals surface area contributed by atoms with E-state index in [9.17, 15) is 22.0 Å². The largest absolute Gasteiger partial charge is 0.346 e. The number of nitrogens with two attached hydrogens (primary N) is 1. The van der Waals surface area contributed by atoms with E-state index in [4.69, 9.17) is 5.14 Å². The van der Waals surface area contributed by atoms with Crippen molar-refractivity contribution in [3.05, 3.63) is 27.7 Å². The number of hydrogen-bond donors (Lipinski definition) is 2. The second-order valence-corrected chi connectivity index (χ2v) is 6.11. The van der Waals surface area contributed by atoms with Gasteiger partial charge in [-0.25, -0.2) is 22.3 Å². The predicted octanol–water partition coefficient (Wildman–Crippen LogP) is 1.40. The number of halogens is 3. The maximum absolute atomic E-state index is 12.0. The molecule has 0 spiro atoms. The van der Waals surface area contributed by atoms with E-state index in [2.05, 4.69) is 15.9 Å². The number of nitrogens with one attached hydrogen (secondary N) is 1. The van der Waals surface area contributed by atoms with Gasteiger partial charge < -0.3 is 5.32 Å². The van der Waals surface area contributed by atoms with Gasteiger partial charge in [-0.15, -0.1) is 0 Å². The molecule has 0 heterocycles. The van der Waals surface area contributed by atoms with E-state index in [-0.39, 0.29) is 10.5 Å². The fraction of sp³-hybridized carbons (Fsp3) is 0.300. The third-order valence-electron chi connectivity index (χ3n) is 2.28. The van der Waals surface area contributed by atoms with Gasteiger partial charge in [0.05, 0.1) is 11.4 Å². The van der Waals surface area contributed by atoms with Crippen LogP contribution in [0.3, 0.4) is 0 Å². The Balaban J connectivity index is 3.18. The van der Waals surface area contributed by atoms with Crippen LogP contribution >= 0.6 is 15.9 Å². The molecule has 0 unspecified atom stereocenters. The van der Waals surface area contributed by atoms with Gasteiger partial charge in [-0.3, -0.25) is 4.79 Å². The number of carbonyl (C=O) groups excluding carboxylic acids is 1. The van der Waals surface area contributed by atoms with Crippen molar-refractivity contribution in [2.45, 2.75) is 18.2 Å². The summed E-state index contributed by atoms with van der Waals surface area (Å²) in [5, 5.41) is 7.00. The highest BCUT2D eigenvalue weighted by Crippen LogP contribution is 2.25. The zero-order valence-corrected chi connectivity index (χ0v) is 12.2. The molecule has 0 aliphatic heterocycles. The van der Waals surface area contributed by atoms with Crippen LogP contribution in [0.25, 0.3) is 0 Å². The average Bonchev–Trinajstić information content (AvgIpc) is 2.27. The number of amides is 1. The maximum atomic E-state index is 12.0. The molecule has 0 aliphatic rings. The first-order valence-electron chi connectivity index (χ1n) is 5.02. The summed E-state index contributed by atoms with van der Waals surface area (Å²) in [4.78, 5) is 11.4. The van der Waals surface area contributed by atoms with Crippen molar-refractivity contribution >= 4 is 31.9 Å². The van der Waals surface area contributed by atoms with E-state index in [1.807, 2.05) is 5.32 Å². The molecule has 1 amide bonds. The van der Waals surface area contributed by atoms with Crippen molar-refractivity contribution in [2.24, 2.45) is 5.14 Å². The molecular formula is C10H11BrF2N2O3S. The quantitative estimate of drug-likeness (QED) is 0.854. The lowest BCUT2D eigenvalue weighted by Crippen LogP contribution is -2.28. The lowest BCUT2D eigenvalue weighted by molar-refractivity contribution is 0.0891.